The van der Waals surface area contributed by atoms with E-state index >= 15 is 0 Å². The molecule has 1 rings (SSSR count). The molecule has 0 saturated heterocycles. The first-order valence-corrected chi connectivity index (χ1v) is 6.85. The van der Waals surface area contributed by atoms with E-state index in [1.807, 2.05) is 46.8 Å². The molecule has 0 aliphatic carbocycles. The first kappa shape index (κ1) is 16.2. The van der Waals surface area contributed by atoms with Gasteiger partial charge in [0.15, 0.2) is 6.61 Å². The average molecular weight is 277 g/mol. The van der Waals surface area contributed by atoms with Gasteiger partial charge in [0, 0.05) is 6.04 Å². The Morgan fingerprint density at radius 2 is 1.85 bits per heavy atom. The molecule has 4 nitrogen and oxygen atoms in total. The fourth-order valence-electron chi connectivity index (χ4n) is 1.63. The number of esters is 1. The summed E-state index contributed by atoms with van der Waals surface area (Å²) in [4.78, 5) is 23.6. The van der Waals surface area contributed by atoms with Crippen LogP contribution in [0, 0.1) is 19.8 Å². The van der Waals surface area contributed by atoms with Crippen LogP contribution in [0.3, 0.4) is 0 Å². The van der Waals surface area contributed by atoms with Crippen molar-refractivity contribution in [2.45, 2.75) is 40.7 Å². The molecule has 0 unspecified atom stereocenters. The largest absolute Gasteiger partial charge is 0.452 e. The third-order valence-corrected chi connectivity index (χ3v) is 3.34. The number of hydrogen-bond acceptors (Lipinski definition) is 3. The molecule has 0 spiro atoms. The molecule has 0 heterocycles. The molecule has 110 valence electrons. The van der Waals surface area contributed by atoms with Crippen LogP contribution < -0.4 is 5.32 Å². The van der Waals surface area contributed by atoms with Gasteiger partial charge >= 0.3 is 5.97 Å². The number of nitrogens with one attached hydrogen (secondary N) is 1. The molecule has 0 aliphatic heterocycles. The molecule has 1 amide bonds. The number of ether oxygens (including phenoxy) is 1. The van der Waals surface area contributed by atoms with Gasteiger partial charge in [-0.15, -0.1) is 0 Å². The van der Waals surface area contributed by atoms with Gasteiger partial charge < -0.3 is 10.1 Å². The Labute approximate surface area is 120 Å². The topological polar surface area (TPSA) is 55.4 Å². The first-order valence-electron chi connectivity index (χ1n) is 6.85. The summed E-state index contributed by atoms with van der Waals surface area (Å²) < 4.78 is 5.06. The highest BCUT2D eigenvalue weighted by Crippen LogP contribution is 2.11. The van der Waals surface area contributed by atoms with Gasteiger partial charge in [-0.25, -0.2) is 4.79 Å². The van der Waals surface area contributed by atoms with Gasteiger partial charge in [-0.1, -0.05) is 31.5 Å². The lowest BCUT2D eigenvalue weighted by Crippen LogP contribution is -2.38. The Morgan fingerprint density at radius 3 is 2.45 bits per heavy atom. The van der Waals surface area contributed by atoms with E-state index in [1.165, 1.54) is 0 Å². The summed E-state index contributed by atoms with van der Waals surface area (Å²) in [6.07, 6.45) is 0. The molecule has 1 aromatic rings. The van der Waals surface area contributed by atoms with E-state index in [4.69, 9.17) is 4.74 Å². The van der Waals surface area contributed by atoms with Gasteiger partial charge in [0.2, 0.25) is 0 Å². The number of carbonyl (C=O) groups is 2. The van der Waals surface area contributed by atoms with Crippen LogP contribution in [0.25, 0.3) is 0 Å². The van der Waals surface area contributed by atoms with Crippen molar-refractivity contribution >= 4 is 11.9 Å². The van der Waals surface area contributed by atoms with Crippen molar-refractivity contribution in [3.63, 3.8) is 0 Å². The highest BCUT2D eigenvalue weighted by Gasteiger charge is 2.15. The zero-order valence-corrected chi connectivity index (χ0v) is 12.8. The highest BCUT2D eigenvalue weighted by atomic mass is 16.5. The molecule has 1 atom stereocenters. The standard InChI is InChI=1S/C16H23NO3/c1-10(2)13(5)17-15(18)9-20-16(19)14-8-11(3)6-7-12(14)4/h6-8,10,13H,9H2,1-5H3,(H,17,18)/t13-/m0/s1. The van der Waals surface area contributed by atoms with Crippen molar-refractivity contribution in [2.75, 3.05) is 6.61 Å². The molecule has 0 bridgehead atoms. The van der Waals surface area contributed by atoms with Crippen LogP contribution in [0.5, 0.6) is 0 Å². The van der Waals surface area contributed by atoms with E-state index in [1.54, 1.807) is 6.07 Å². The predicted octanol–water partition coefficient (Wildman–Crippen LogP) is 2.62. The van der Waals surface area contributed by atoms with Crippen LogP contribution in [0.4, 0.5) is 0 Å². The lowest BCUT2D eigenvalue weighted by atomic mass is 10.1. The van der Waals surface area contributed by atoms with Gasteiger partial charge in [-0.05, 0) is 38.3 Å². The molecular weight excluding hydrogens is 254 g/mol. The third kappa shape index (κ3) is 4.68. The van der Waals surface area contributed by atoms with Gasteiger partial charge in [0.25, 0.3) is 5.91 Å². The second-order valence-corrected chi connectivity index (χ2v) is 5.49. The summed E-state index contributed by atoms with van der Waals surface area (Å²) in [6, 6.07) is 5.63. The van der Waals surface area contributed by atoms with Crippen molar-refractivity contribution < 1.29 is 14.3 Å². The van der Waals surface area contributed by atoms with Gasteiger partial charge in [-0.3, -0.25) is 4.79 Å². The van der Waals surface area contributed by atoms with Crippen LogP contribution in [-0.2, 0) is 9.53 Å². The predicted molar refractivity (Wildman–Crippen MR) is 78.6 cm³/mol. The maximum atomic E-state index is 11.9. The Kier molecular flexibility index (Phi) is 5.74. The lowest BCUT2D eigenvalue weighted by molar-refractivity contribution is -0.125. The zero-order valence-electron chi connectivity index (χ0n) is 12.8. The summed E-state index contributed by atoms with van der Waals surface area (Å²) in [5, 5.41) is 2.80. The molecule has 1 aromatic carbocycles. The molecule has 0 fully saturated rings. The Bertz CT molecular complexity index is 494. The van der Waals surface area contributed by atoms with Gasteiger partial charge in [0.05, 0.1) is 5.56 Å². The summed E-state index contributed by atoms with van der Waals surface area (Å²) in [7, 11) is 0. The van der Waals surface area contributed by atoms with E-state index in [9.17, 15) is 9.59 Å². The molecule has 20 heavy (non-hydrogen) atoms. The number of hydrogen-bond donors (Lipinski definition) is 1. The molecular formula is C16H23NO3. The van der Waals surface area contributed by atoms with Crippen LogP contribution in [0.15, 0.2) is 18.2 Å². The van der Waals surface area contributed by atoms with Crippen LogP contribution in [0.1, 0.15) is 42.3 Å². The molecule has 0 saturated carbocycles. The van der Waals surface area contributed by atoms with Crippen LogP contribution in [-0.4, -0.2) is 24.5 Å². The minimum absolute atomic E-state index is 0.0573. The quantitative estimate of drug-likeness (QED) is 0.842. The van der Waals surface area contributed by atoms with Gasteiger partial charge in [-0.2, -0.15) is 0 Å². The second kappa shape index (κ2) is 7.08. The normalized spacial score (nSPS) is 12.1. The van der Waals surface area contributed by atoms with E-state index < -0.39 is 5.97 Å². The van der Waals surface area contributed by atoms with Crippen molar-refractivity contribution in [2.24, 2.45) is 5.92 Å². The number of aryl methyl sites for hydroxylation is 2. The molecule has 4 heteroatoms. The molecule has 0 radical (unpaired) electrons. The van der Waals surface area contributed by atoms with E-state index in [0.717, 1.165) is 11.1 Å². The van der Waals surface area contributed by atoms with Crippen molar-refractivity contribution in [1.82, 2.24) is 5.32 Å². The summed E-state index contributed by atoms with van der Waals surface area (Å²) in [5.41, 5.74) is 2.34. The Balaban J connectivity index is 2.55. The summed E-state index contributed by atoms with van der Waals surface area (Å²) in [5.74, 6) is -0.392. The van der Waals surface area contributed by atoms with Crippen molar-refractivity contribution in [3.05, 3.63) is 34.9 Å². The average Bonchev–Trinajstić information content (AvgIpc) is 2.38. The maximum Gasteiger partial charge on any atom is 0.338 e. The zero-order chi connectivity index (χ0) is 15.3. The van der Waals surface area contributed by atoms with Gasteiger partial charge in [0.1, 0.15) is 0 Å². The number of benzene rings is 1. The fourth-order valence-corrected chi connectivity index (χ4v) is 1.63. The fraction of sp³-hybridized carbons (Fsp3) is 0.500. The van der Waals surface area contributed by atoms with E-state index in [0.29, 0.717) is 11.5 Å². The smallest absolute Gasteiger partial charge is 0.338 e. The first-order chi connectivity index (χ1) is 9.31. The Morgan fingerprint density at radius 1 is 1.20 bits per heavy atom. The second-order valence-electron chi connectivity index (χ2n) is 5.49. The van der Waals surface area contributed by atoms with Crippen LogP contribution >= 0.6 is 0 Å². The summed E-state index contributed by atoms with van der Waals surface area (Å²) >= 11 is 0. The lowest BCUT2D eigenvalue weighted by Gasteiger charge is -2.17. The SMILES string of the molecule is Cc1ccc(C)c(C(=O)OCC(=O)N[C@@H](C)C(C)C)c1. The highest BCUT2D eigenvalue weighted by molar-refractivity contribution is 5.92. The molecule has 1 N–H and O–H groups in total. The van der Waals surface area contributed by atoms with E-state index in [2.05, 4.69) is 5.32 Å². The number of carbonyl (C=O) groups excluding carboxylic acids is 2. The Hall–Kier alpha value is -1.84. The van der Waals surface area contributed by atoms with Crippen molar-refractivity contribution in [1.29, 1.82) is 0 Å². The third-order valence-electron chi connectivity index (χ3n) is 3.34. The minimum atomic E-state index is -0.460. The maximum absolute atomic E-state index is 11.9. The number of amides is 1. The van der Waals surface area contributed by atoms with Crippen LogP contribution in [0.2, 0.25) is 0 Å². The number of rotatable bonds is 5. The molecule has 0 aromatic heterocycles. The monoisotopic (exact) mass is 277 g/mol. The minimum Gasteiger partial charge on any atom is -0.452 e. The van der Waals surface area contributed by atoms with Crippen molar-refractivity contribution in [3.8, 4) is 0 Å². The molecule has 0 aliphatic rings. The summed E-state index contributed by atoms with van der Waals surface area (Å²) in [6.45, 7) is 9.47. The van der Waals surface area contributed by atoms with E-state index in [-0.39, 0.29) is 18.6 Å².